The molecule has 1 aromatic heterocycles. The third-order valence-electron chi connectivity index (χ3n) is 4.20. The van der Waals surface area contributed by atoms with Gasteiger partial charge in [0.2, 0.25) is 0 Å². The summed E-state index contributed by atoms with van der Waals surface area (Å²) < 4.78 is 7.42. The summed E-state index contributed by atoms with van der Waals surface area (Å²) in [6.07, 6.45) is 2.33. The highest BCUT2D eigenvalue weighted by Gasteiger charge is 2.14. The van der Waals surface area contributed by atoms with Crippen molar-refractivity contribution in [1.82, 2.24) is 14.8 Å². The van der Waals surface area contributed by atoms with Crippen LogP contribution in [-0.2, 0) is 13.0 Å². The lowest BCUT2D eigenvalue weighted by atomic mass is 10.1. The zero-order valence-electron chi connectivity index (χ0n) is 15.3. The predicted molar refractivity (Wildman–Crippen MR) is 108 cm³/mol. The fourth-order valence-electron chi connectivity index (χ4n) is 2.75. The van der Waals surface area contributed by atoms with Crippen LogP contribution in [0.5, 0.6) is 5.75 Å². The van der Waals surface area contributed by atoms with Crippen molar-refractivity contribution >= 4 is 11.8 Å². The first kappa shape index (κ1) is 19.0. The van der Waals surface area contributed by atoms with Crippen molar-refractivity contribution in [3.63, 3.8) is 0 Å². The molecule has 0 spiro atoms. The summed E-state index contributed by atoms with van der Waals surface area (Å²) in [6, 6.07) is 20.5. The highest BCUT2D eigenvalue weighted by atomic mass is 32.2. The lowest BCUT2D eigenvalue weighted by molar-refractivity contribution is 0.415. The zero-order valence-corrected chi connectivity index (χ0v) is 16.2. The molecule has 0 saturated carbocycles. The Balaban J connectivity index is 1.82. The number of hydrogen-bond acceptors (Lipinski definition) is 5. The van der Waals surface area contributed by atoms with E-state index in [0.29, 0.717) is 6.42 Å². The molecule has 0 radical (unpaired) electrons. The molecular weight excluding hydrogens is 356 g/mol. The number of unbranched alkanes of at least 4 members (excludes halogenated alkanes) is 1. The summed E-state index contributed by atoms with van der Waals surface area (Å²) in [5.74, 6) is 2.54. The van der Waals surface area contributed by atoms with Crippen LogP contribution in [0.3, 0.4) is 0 Å². The van der Waals surface area contributed by atoms with Crippen LogP contribution in [0.25, 0.3) is 11.4 Å². The third-order valence-corrected chi connectivity index (χ3v) is 5.25. The average Bonchev–Trinajstić information content (AvgIpc) is 3.13. The van der Waals surface area contributed by atoms with Gasteiger partial charge in [-0.05, 0) is 42.7 Å². The molecule has 0 fully saturated rings. The van der Waals surface area contributed by atoms with Gasteiger partial charge in [0.25, 0.3) is 0 Å². The normalized spacial score (nSPS) is 10.5. The summed E-state index contributed by atoms with van der Waals surface area (Å²) in [5.41, 5.74) is 2.30. The maximum absolute atomic E-state index is 8.72. The number of ether oxygens (including phenoxy) is 1. The number of nitriles is 1. The fourth-order valence-corrected chi connectivity index (χ4v) is 3.65. The summed E-state index contributed by atoms with van der Waals surface area (Å²) in [7, 11) is 1.66. The Morgan fingerprint density at radius 1 is 1.07 bits per heavy atom. The van der Waals surface area contributed by atoms with Gasteiger partial charge in [-0.3, -0.25) is 0 Å². The van der Waals surface area contributed by atoms with E-state index in [2.05, 4.69) is 45.1 Å². The molecule has 27 heavy (non-hydrogen) atoms. The number of thioether (sulfide) groups is 1. The number of aryl methyl sites for hydroxylation is 1. The van der Waals surface area contributed by atoms with Gasteiger partial charge in [0, 0.05) is 24.3 Å². The van der Waals surface area contributed by atoms with Gasteiger partial charge in [0.1, 0.15) is 5.75 Å². The van der Waals surface area contributed by atoms with E-state index in [1.165, 1.54) is 5.56 Å². The Kier molecular flexibility index (Phi) is 6.89. The highest BCUT2D eigenvalue weighted by molar-refractivity contribution is 7.99. The van der Waals surface area contributed by atoms with Crippen LogP contribution in [0.2, 0.25) is 0 Å². The smallest absolute Gasteiger partial charge is 0.191 e. The van der Waals surface area contributed by atoms with Gasteiger partial charge in [0.05, 0.1) is 13.2 Å². The summed E-state index contributed by atoms with van der Waals surface area (Å²) in [6.45, 7) is 0.805. The molecule has 3 rings (SSSR count). The van der Waals surface area contributed by atoms with Crippen molar-refractivity contribution in [3.05, 3.63) is 60.2 Å². The van der Waals surface area contributed by atoms with Crippen molar-refractivity contribution in [2.24, 2.45) is 0 Å². The Morgan fingerprint density at radius 3 is 2.56 bits per heavy atom. The molecule has 2 aromatic carbocycles. The van der Waals surface area contributed by atoms with Crippen LogP contribution >= 0.6 is 11.8 Å². The standard InChI is InChI=1S/C21H22N4OS/c1-26-19-11-9-18(10-12-19)20-23-24-21(27-16-6-5-14-22)25(20)15-13-17-7-3-2-4-8-17/h2-4,7-12H,5-6,13,15-16H2,1H3. The predicted octanol–water partition coefficient (Wildman–Crippen LogP) is 4.59. The summed E-state index contributed by atoms with van der Waals surface area (Å²) >= 11 is 1.66. The Hall–Kier alpha value is -2.78. The first-order valence-corrected chi connectivity index (χ1v) is 9.91. The maximum atomic E-state index is 8.72. The largest absolute Gasteiger partial charge is 0.497 e. The topological polar surface area (TPSA) is 63.7 Å². The molecule has 138 valence electrons. The van der Waals surface area contributed by atoms with Gasteiger partial charge < -0.3 is 9.30 Å². The lowest BCUT2D eigenvalue weighted by Crippen LogP contribution is -2.05. The van der Waals surface area contributed by atoms with Crippen LogP contribution in [0, 0.1) is 11.3 Å². The Bertz CT molecular complexity index is 885. The molecule has 0 N–H and O–H groups in total. The number of nitrogens with zero attached hydrogens (tertiary/aromatic N) is 4. The average molecular weight is 379 g/mol. The second kappa shape index (κ2) is 9.79. The quantitative estimate of drug-likeness (QED) is 0.402. The molecule has 0 unspecified atom stereocenters. The van der Waals surface area contributed by atoms with Crippen molar-refractivity contribution in [2.45, 2.75) is 31.0 Å². The molecule has 1 heterocycles. The molecular formula is C21H22N4OS. The van der Waals surface area contributed by atoms with E-state index in [1.54, 1.807) is 18.9 Å². The summed E-state index contributed by atoms with van der Waals surface area (Å²) in [4.78, 5) is 0. The lowest BCUT2D eigenvalue weighted by Gasteiger charge is -2.11. The molecule has 0 aliphatic rings. The number of rotatable bonds is 9. The molecule has 0 amide bonds. The van der Waals surface area contributed by atoms with Gasteiger partial charge in [-0.25, -0.2) is 0 Å². The Morgan fingerprint density at radius 2 is 1.85 bits per heavy atom. The van der Waals surface area contributed by atoms with Gasteiger partial charge in [-0.15, -0.1) is 10.2 Å². The van der Waals surface area contributed by atoms with Gasteiger partial charge in [-0.2, -0.15) is 5.26 Å². The first-order valence-electron chi connectivity index (χ1n) is 8.93. The second-order valence-corrected chi connectivity index (χ2v) is 7.09. The van der Waals surface area contributed by atoms with E-state index < -0.39 is 0 Å². The van der Waals surface area contributed by atoms with Gasteiger partial charge in [0.15, 0.2) is 11.0 Å². The van der Waals surface area contributed by atoms with Crippen LogP contribution in [-0.4, -0.2) is 27.6 Å². The van der Waals surface area contributed by atoms with Crippen LogP contribution in [0.1, 0.15) is 18.4 Å². The van der Waals surface area contributed by atoms with Crippen molar-refractivity contribution in [2.75, 3.05) is 12.9 Å². The minimum Gasteiger partial charge on any atom is -0.497 e. The fraction of sp³-hybridized carbons (Fsp3) is 0.286. The Labute approximate surface area is 164 Å². The third kappa shape index (κ3) is 5.11. The molecule has 0 atom stereocenters. The number of methoxy groups -OCH3 is 1. The van der Waals surface area contributed by atoms with E-state index >= 15 is 0 Å². The van der Waals surface area contributed by atoms with Crippen molar-refractivity contribution in [3.8, 4) is 23.2 Å². The summed E-state index contributed by atoms with van der Waals surface area (Å²) in [5, 5.41) is 18.5. The van der Waals surface area contributed by atoms with Crippen LogP contribution in [0.4, 0.5) is 0 Å². The van der Waals surface area contributed by atoms with Crippen molar-refractivity contribution in [1.29, 1.82) is 5.26 Å². The minimum absolute atomic E-state index is 0.566. The molecule has 0 saturated heterocycles. The highest BCUT2D eigenvalue weighted by Crippen LogP contribution is 2.26. The van der Waals surface area contributed by atoms with Gasteiger partial charge in [-0.1, -0.05) is 42.1 Å². The molecule has 6 heteroatoms. The van der Waals surface area contributed by atoms with E-state index in [0.717, 1.165) is 47.4 Å². The number of hydrogen-bond donors (Lipinski definition) is 0. The van der Waals surface area contributed by atoms with E-state index in [4.69, 9.17) is 10.00 Å². The second-order valence-electron chi connectivity index (χ2n) is 6.03. The number of aromatic nitrogens is 3. The molecule has 5 nitrogen and oxygen atoms in total. The minimum atomic E-state index is 0.566. The molecule has 3 aromatic rings. The van der Waals surface area contributed by atoms with E-state index in [-0.39, 0.29) is 0 Å². The van der Waals surface area contributed by atoms with E-state index in [1.807, 2.05) is 30.3 Å². The zero-order chi connectivity index (χ0) is 18.9. The molecule has 0 bridgehead atoms. The van der Waals surface area contributed by atoms with Crippen molar-refractivity contribution < 1.29 is 4.74 Å². The monoisotopic (exact) mass is 378 g/mol. The molecule has 0 aliphatic heterocycles. The maximum Gasteiger partial charge on any atom is 0.191 e. The SMILES string of the molecule is COc1ccc(-c2nnc(SCCCC#N)n2CCc2ccccc2)cc1. The van der Waals surface area contributed by atoms with Crippen LogP contribution in [0.15, 0.2) is 59.8 Å². The van der Waals surface area contributed by atoms with Crippen LogP contribution < -0.4 is 4.74 Å². The first-order chi connectivity index (χ1) is 13.3. The van der Waals surface area contributed by atoms with Gasteiger partial charge >= 0.3 is 0 Å². The molecule has 0 aliphatic carbocycles. The number of benzene rings is 2. The van der Waals surface area contributed by atoms with E-state index in [9.17, 15) is 0 Å².